The van der Waals surface area contributed by atoms with Gasteiger partial charge in [-0.15, -0.1) is 0 Å². The van der Waals surface area contributed by atoms with Crippen molar-refractivity contribution in [1.29, 1.82) is 0 Å². The number of halogens is 2. The maximum Gasteiger partial charge on any atom is 0.241 e. The maximum atomic E-state index is 13.3. The van der Waals surface area contributed by atoms with Crippen LogP contribution in [0.25, 0.3) is 0 Å². The van der Waals surface area contributed by atoms with Crippen molar-refractivity contribution in [2.75, 3.05) is 19.6 Å². The van der Waals surface area contributed by atoms with E-state index in [1.165, 1.54) is 18.2 Å². The number of benzene rings is 1. The molecule has 0 heterocycles. The Labute approximate surface area is 212 Å². The zero-order chi connectivity index (χ0) is 24.4. The van der Waals surface area contributed by atoms with Crippen molar-refractivity contribution in [2.45, 2.75) is 73.8 Å². The average Bonchev–Trinajstić information content (AvgIpc) is 2.75. The molecular formula is C24H34Cl2N4O3S. The lowest BCUT2D eigenvalue weighted by Gasteiger charge is -2.62. The summed E-state index contributed by atoms with van der Waals surface area (Å²) in [6.07, 6.45) is 8.39. The Bertz CT molecular complexity index is 1020. The molecule has 34 heavy (non-hydrogen) atoms. The lowest BCUT2D eigenvalue weighted by Crippen LogP contribution is -2.69. The molecule has 4 aliphatic carbocycles. The van der Waals surface area contributed by atoms with E-state index in [9.17, 15) is 13.2 Å². The van der Waals surface area contributed by atoms with Gasteiger partial charge in [-0.25, -0.2) is 13.1 Å². The number of rotatable bonds is 12. The van der Waals surface area contributed by atoms with Gasteiger partial charge in [0.05, 0.1) is 21.5 Å². The van der Waals surface area contributed by atoms with E-state index in [2.05, 4.69) is 27.1 Å². The molecule has 4 bridgehead atoms. The highest BCUT2D eigenvalue weighted by Gasteiger charge is 2.58. The minimum atomic E-state index is -3.75. The van der Waals surface area contributed by atoms with E-state index in [0.29, 0.717) is 29.8 Å². The zero-order valence-corrected chi connectivity index (χ0v) is 21.7. The number of sulfonamides is 1. The third-order valence-electron chi connectivity index (χ3n) is 7.55. The Morgan fingerprint density at radius 3 is 2.44 bits per heavy atom. The van der Waals surface area contributed by atoms with Crippen molar-refractivity contribution >= 4 is 45.8 Å². The average molecular weight is 530 g/mol. The molecule has 0 radical (unpaired) electrons. The van der Waals surface area contributed by atoms with Crippen molar-refractivity contribution in [1.82, 2.24) is 15.4 Å². The first kappa shape index (κ1) is 25.9. The summed E-state index contributed by atoms with van der Waals surface area (Å²) in [4.78, 5) is 16.4. The van der Waals surface area contributed by atoms with Crippen LogP contribution in [0, 0.1) is 11.8 Å². The van der Waals surface area contributed by atoms with Gasteiger partial charge in [0.2, 0.25) is 15.9 Å². The van der Waals surface area contributed by atoms with E-state index >= 15 is 0 Å². The van der Waals surface area contributed by atoms with Crippen LogP contribution in [-0.4, -0.2) is 51.8 Å². The summed E-state index contributed by atoms with van der Waals surface area (Å²) < 4.78 is 29.6. The number of nitrogens with one attached hydrogen (secondary N) is 3. The Kier molecular flexibility index (Phi) is 7.94. The molecule has 4 aliphatic rings. The van der Waals surface area contributed by atoms with E-state index in [1.807, 2.05) is 0 Å². The van der Waals surface area contributed by atoms with Gasteiger partial charge in [-0.2, -0.15) is 0 Å². The number of unbranched alkanes of at least 4 members (excludes halogenated alkanes) is 2. The van der Waals surface area contributed by atoms with Crippen molar-refractivity contribution < 1.29 is 13.2 Å². The summed E-state index contributed by atoms with van der Waals surface area (Å²) >= 11 is 12.1. The van der Waals surface area contributed by atoms with Gasteiger partial charge in [0.15, 0.2) is 0 Å². The second-order valence-electron chi connectivity index (χ2n) is 10.4. The second kappa shape index (κ2) is 10.4. The fourth-order valence-corrected chi connectivity index (χ4v) is 8.47. The molecule has 1 amide bonds. The van der Waals surface area contributed by atoms with E-state index in [-0.39, 0.29) is 27.9 Å². The van der Waals surface area contributed by atoms with E-state index in [1.54, 1.807) is 0 Å². The minimum absolute atomic E-state index is 0.0111. The number of amides is 1. The van der Waals surface area contributed by atoms with Crippen LogP contribution in [0.4, 0.5) is 0 Å². The van der Waals surface area contributed by atoms with Gasteiger partial charge < -0.3 is 15.6 Å². The summed E-state index contributed by atoms with van der Waals surface area (Å²) in [5.41, 5.74) is -0.713. The molecule has 188 valence electrons. The van der Waals surface area contributed by atoms with Gasteiger partial charge in [0.1, 0.15) is 0 Å². The molecule has 1 aromatic carbocycles. The fraction of sp³-hybridized carbons (Fsp3) is 0.667. The molecule has 0 aliphatic heterocycles. The predicted molar refractivity (Wildman–Crippen MR) is 136 cm³/mol. The van der Waals surface area contributed by atoms with Crippen LogP contribution < -0.4 is 15.4 Å². The fourth-order valence-electron chi connectivity index (χ4n) is 6.66. The number of hydrogen-bond acceptors (Lipinski definition) is 5. The minimum Gasteiger partial charge on any atom is -0.355 e. The van der Waals surface area contributed by atoms with E-state index in [0.717, 1.165) is 57.9 Å². The third kappa shape index (κ3) is 5.95. The molecule has 2 atom stereocenters. The topological polar surface area (TPSA) is 99.7 Å². The number of nitrogens with zero attached hydrogens (tertiary/aromatic N) is 1. The molecule has 1 aromatic rings. The van der Waals surface area contributed by atoms with Crippen LogP contribution in [0.5, 0.6) is 0 Å². The Balaban J connectivity index is 1.38. The highest BCUT2D eigenvalue weighted by molar-refractivity contribution is 7.89. The van der Waals surface area contributed by atoms with Crippen LogP contribution in [0.3, 0.4) is 0 Å². The predicted octanol–water partition coefficient (Wildman–Crippen LogP) is 3.94. The molecule has 10 heteroatoms. The summed E-state index contributed by atoms with van der Waals surface area (Å²) in [7, 11) is -3.75. The van der Waals surface area contributed by atoms with Gasteiger partial charge in [-0.1, -0.05) is 23.2 Å². The van der Waals surface area contributed by atoms with Gasteiger partial charge in [0, 0.05) is 24.2 Å². The Morgan fingerprint density at radius 2 is 1.76 bits per heavy atom. The Morgan fingerprint density at radius 1 is 1.06 bits per heavy atom. The SMILES string of the molecule is C=NCCCCCNC(=O)CNC12CC3CC(C1)CC(NS(=O)(=O)c1ccc(Cl)c(Cl)c1)(C3)C2. The molecule has 0 spiro atoms. The summed E-state index contributed by atoms with van der Waals surface area (Å²) in [5.74, 6) is 0.890. The number of aliphatic imine (C=N–C) groups is 1. The summed E-state index contributed by atoms with van der Waals surface area (Å²) in [6.45, 7) is 5.15. The number of carbonyl (C=O) groups is 1. The smallest absolute Gasteiger partial charge is 0.241 e. The summed E-state index contributed by atoms with van der Waals surface area (Å²) in [5, 5.41) is 7.08. The van der Waals surface area contributed by atoms with Gasteiger partial charge >= 0.3 is 0 Å². The van der Waals surface area contributed by atoms with E-state index < -0.39 is 15.6 Å². The molecular weight excluding hydrogens is 495 g/mol. The van der Waals surface area contributed by atoms with Crippen molar-refractivity contribution in [3.63, 3.8) is 0 Å². The lowest BCUT2D eigenvalue weighted by molar-refractivity contribution is -0.121. The lowest BCUT2D eigenvalue weighted by atomic mass is 9.50. The van der Waals surface area contributed by atoms with Gasteiger partial charge in [-0.3, -0.25) is 4.79 Å². The number of hydrogen-bond donors (Lipinski definition) is 3. The third-order valence-corrected chi connectivity index (χ3v) is 9.87. The van der Waals surface area contributed by atoms with Gasteiger partial charge in [-0.05, 0) is 94.5 Å². The highest BCUT2D eigenvalue weighted by Crippen LogP contribution is 2.57. The molecule has 7 nitrogen and oxygen atoms in total. The van der Waals surface area contributed by atoms with Crippen LogP contribution in [-0.2, 0) is 14.8 Å². The molecule has 4 fully saturated rings. The molecule has 5 rings (SSSR count). The van der Waals surface area contributed by atoms with E-state index in [4.69, 9.17) is 23.2 Å². The first-order chi connectivity index (χ1) is 16.1. The van der Waals surface area contributed by atoms with Crippen molar-refractivity contribution in [3.05, 3.63) is 28.2 Å². The first-order valence-corrected chi connectivity index (χ1v) is 14.3. The van der Waals surface area contributed by atoms with Crippen LogP contribution in [0.2, 0.25) is 10.0 Å². The second-order valence-corrected chi connectivity index (χ2v) is 12.9. The normalized spacial score (nSPS) is 29.8. The summed E-state index contributed by atoms with van der Waals surface area (Å²) in [6, 6.07) is 4.40. The molecule has 3 N–H and O–H groups in total. The quantitative estimate of drug-likeness (QED) is 0.282. The molecule has 0 saturated heterocycles. The zero-order valence-electron chi connectivity index (χ0n) is 19.4. The Hall–Kier alpha value is -1.19. The van der Waals surface area contributed by atoms with Crippen LogP contribution in [0.15, 0.2) is 28.1 Å². The van der Waals surface area contributed by atoms with Crippen molar-refractivity contribution in [3.8, 4) is 0 Å². The van der Waals surface area contributed by atoms with Crippen LogP contribution >= 0.6 is 23.2 Å². The monoisotopic (exact) mass is 528 g/mol. The van der Waals surface area contributed by atoms with Crippen molar-refractivity contribution in [2.24, 2.45) is 16.8 Å². The van der Waals surface area contributed by atoms with Crippen LogP contribution in [0.1, 0.15) is 57.8 Å². The largest absolute Gasteiger partial charge is 0.355 e. The molecule has 0 aromatic heterocycles. The van der Waals surface area contributed by atoms with Gasteiger partial charge in [0.25, 0.3) is 0 Å². The maximum absolute atomic E-state index is 13.3. The molecule has 4 saturated carbocycles. The highest BCUT2D eigenvalue weighted by atomic mass is 35.5. The number of carbonyl (C=O) groups excluding carboxylic acids is 1. The standard InChI is InChI=1S/C24H34Cl2N4O3S/c1-27-7-3-2-4-8-28-22(31)15-29-23-11-17-9-18(12-23)14-24(13-17,16-23)30-34(32,33)19-5-6-20(25)21(26)10-19/h5-6,10,17-18,29-30H,1-4,7-9,11-16H2,(H,28,31). The molecule has 2 unspecified atom stereocenters. The first-order valence-electron chi connectivity index (χ1n) is 12.1.